The molecule has 4 heteroatoms. The summed E-state index contributed by atoms with van der Waals surface area (Å²) in [5.41, 5.74) is 2.08. The Labute approximate surface area is 101 Å². The maximum atomic E-state index is 11.0. The Balaban J connectivity index is 2.66. The lowest BCUT2D eigenvalue weighted by molar-refractivity contribution is -0.139. The van der Waals surface area contributed by atoms with Gasteiger partial charge >= 0.3 is 5.97 Å². The molecule has 90 valence electrons. The Kier molecular flexibility index (Phi) is 5.18. The first-order valence-electron chi connectivity index (χ1n) is 5.50. The molecule has 0 aliphatic carbocycles. The van der Waals surface area contributed by atoms with E-state index in [1.54, 1.807) is 0 Å². The third-order valence-corrected chi connectivity index (χ3v) is 2.53. The summed E-state index contributed by atoms with van der Waals surface area (Å²) in [6.07, 6.45) is 0.965. The van der Waals surface area contributed by atoms with Crippen LogP contribution in [0.2, 0.25) is 0 Å². The Hall–Kier alpha value is -1.86. The van der Waals surface area contributed by atoms with Gasteiger partial charge in [0.2, 0.25) is 0 Å². The highest BCUT2D eigenvalue weighted by molar-refractivity contribution is 5.71. The van der Waals surface area contributed by atoms with Crippen LogP contribution in [0.15, 0.2) is 24.3 Å². The first kappa shape index (κ1) is 13.2. The summed E-state index contributed by atoms with van der Waals surface area (Å²) >= 11 is 0. The number of hydrogen-bond donors (Lipinski definition) is 1. The molecule has 0 fully saturated rings. The molecule has 1 aromatic carbocycles. The highest BCUT2D eigenvalue weighted by Crippen LogP contribution is 2.13. The largest absolute Gasteiger partial charge is 0.468 e. The SMILES string of the molecule is CCc1ccc(C(C#N)NCC(=O)OC)cc1. The second-order valence-electron chi connectivity index (χ2n) is 3.61. The van der Waals surface area contributed by atoms with Gasteiger partial charge in [-0.15, -0.1) is 0 Å². The van der Waals surface area contributed by atoms with Gasteiger partial charge in [0, 0.05) is 0 Å². The number of hydrogen-bond acceptors (Lipinski definition) is 4. The van der Waals surface area contributed by atoms with E-state index in [-0.39, 0.29) is 12.5 Å². The molecule has 1 unspecified atom stereocenters. The topological polar surface area (TPSA) is 62.1 Å². The predicted octanol–water partition coefficient (Wildman–Crippen LogP) is 1.58. The van der Waals surface area contributed by atoms with Crippen molar-refractivity contribution in [1.82, 2.24) is 5.32 Å². The third-order valence-electron chi connectivity index (χ3n) is 2.53. The monoisotopic (exact) mass is 232 g/mol. The van der Waals surface area contributed by atoms with Crippen LogP contribution in [-0.2, 0) is 16.0 Å². The van der Waals surface area contributed by atoms with E-state index in [2.05, 4.69) is 23.0 Å². The number of nitrogens with zero attached hydrogens (tertiary/aromatic N) is 1. The minimum atomic E-state index is -0.486. The van der Waals surface area contributed by atoms with Crippen molar-refractivity contribution in [2.75, 3.05) is 13.7 Å². The van der Waals surface area contributed by atoms with E-state index >= 15 is 0 Å². The summed E-state index contributed by atoms with van der Waals surface area (Å²) in [5, 5.41) is 11.9. The minimum Gasteiger partial charge on any atom is -0.468 e. The summed E-state index contributed by atoms with van der Waals surface area (Å²) in [6, 6.07) is 9.40. The van der Waals surface area contributed by atoms with E-state index in [0.717, 1.165) is 12.0 Å². The highest BCUT2D eigenvalue weighted by atomic mass is 16.5. The number of esters is 1. The van der Waals surface area contributed by atoms with Crippen molar-refractivity contribution in [1.29, 1.82) is 5.26 Å². The number of ether oxygens (including phenoxy) is 1. The molecule has 0 aliphatic heterocycles. The quantitative estimate of drug-likeness (QED) is 0.783. The van der Waals surface area contributed by atoms with Gasteiger partial charge in [-0.2, -0.15) is 5.26 Å². The molecule has 0 saturated carbocycles. The summed E-state index contributed by atoms with van der Waals surface area (Å²) in [6.45, 7) is 2.11. The molecule has 0 aromatic heterocycles. The molecule has 0 aliphatic rings. The molecule has 0 saturated heterocycles. The zero-order chi connectivity index (χ0) is 12.7. The van der Waals surface area contributed by atoms with Crippen LogP contribution in [0.1, 0.15) is 24.1 Å². The molecule has 1 aromatic rings. The summed E-state index contributed by atoms with van der Waals surface area (Å²) in [4.78, 5) is 11.0. The molecule has 1 atom stereocenters. The Bertz CT molecular complexity index is 406. The van der Waals surface area contributed by atoms with Crippen molar-refractivity contribution in [3.8, 4) is 6.07 Å². The fourth-order valence-corrected chi connectivity index (χ4v) is 1.44. The van der Waals surface area contributed by atoms with Crippen LogP contribution in [-0.4, -0.2) is 19.6 Å². The van der Waals surface area contributed by atoms with Crippen LogP contribution in [0.4, 0.5) is 0 Å². The number of methoxy groups -OCH3 is 1. The number of aryl methyl sites for hydroxylation is 1. The average molecular weight is 232 g/mol. The fraction of sp³-hybridized carbons (Fsp3) is 0.385. The van der Waals surface area contributed by atoms with Crippen LogP contribution in [0.25, 0.3) is 0 Å². The molecule has 4 nitrogen and oxygen atoms in total. The second kappa shape index (κ2) is 6.66. The molecular weight excluding hydrogens is 216 g/mol. The van der Waals surface area contributed by atoms with Crippen molar-refractivity contribution in [3.05, 3.63) is 35.4 Å². The zero-order valence-electron chi connectivity index (χ0n) is 10.1. The number of nitriles is 1. The molecule has 1 rings (SSSR count). The first-order valence-corrected chi connectivity index (χ1v) is 5.50. The molecule has 0 bridgehead atoms. The number of rotatable bonds is 5. The van der Waals surface area contributed by atoms with Gasteiger partial charge in [-0.25, -0.2) is 0 Å². The van der Waals surface area contributed by atoms with Crippen LogP contribution in [0, 0.1) is 11.3 Å². The number of nitrogens with one attached hydrogen (secondary N) is 1. The fourth-order valence-electron chi connectivity index (χ4n) is 1.44. The van der Waals surface area contributed by atoms with Gasteiger partial charge in [0.25, 0.3) is 0 Å². The summed E-state index contributed by atoms with van der Waals surface area (Å²) < 4.78 is 4.51. The number of benzene rings is 1. The van der Waals surface area contributed by atoms with Crippen molar-refractivity contribution < 1.29 is 9.53 Å². The van der Waals surface area contributed by atoms with Gasteiger partial charge < -0.3 is 4.74 Å². The molecule has 17 heavy (non-hydrogen) atoms. The number of carbonyl (C=O) groups excluding carboxylic acids is 1. The van der Waals surface area contributed by atoms with Gasteiger partial charge in [-0.1, -0.05) is 31.2 Å². The van der Waals surface area contributed by atoms with E-state index in [1.807, 2.05) is 24.3 Å². The van der Waals surface area contributed by atoms with Crippen LogP contribution < -0.4 is 5.32 Å². The lowest BCUT2D eigenvalue weighted by Gasteiger charge is -2.11. The lowest BCUT2D eigenvalue weighted by Crippen LogP contribution is -2.27. The molecule has 1 N–H and O–H groups in total. The summed E-state index contributed by atoms with van der Waals surface area (Å²) in [7, 11) is 1.32. The molecule has 0 spiro atoms. The Morgan fingerprint density at radius 1 is 1.47 bits per heavy atom. The van der Waals surface area contributed by atoms with Crippen LogP contribution in [0.5, 0.6) is 0 Å². The molecule has 0 radical (unpaired) electrons. The third kappa shape index (κ3) is 3.89. The van der Waals surface area contributed by atoms with Gasteiger partial charge in [-0.3, -0.25) is 10.1 Å². The minimum absolute atomic E-state index is 0.0320. The Morgan fingerprint density at radius 2 is 2.12 bits per heavy atom. The molecule has 0 heterocycles. The van der Waals surface area contributed by atoms with Crippen LogP contribution in [0.3, 0.4) is 0 Å². The maximum Gasteiger partial charge on any atom is 0.319 e. The standard InChI is InChI=1S/C13H16N2O2/c1-3-10-4-6-11(7-5-10)12(8-14)15-9-13(16)17-2/h4-7,12,15H,3,9H2,1-2H3. The molecular formula is C13H16N2O2. The predicted molar refractivity (Wildman–Crippen MR) is 64.2 cm³/mol. The highest BCUT2D eigenvalue weighted by Gasteiger charge is 2.11. The lowest BCUT2D eigenvalue weighted by atomic mass is 10.0. The van der Waals surface area contributed by atoms with E-state index in [1.165, 1.54) is 12.7 Å². The van der Waals surface area contributed by atoms with Crippen molar-refractivity contribution in [3.63, 3.8) is 0 Å². The Morgan fingerprint density at radius 3 is 2.59 bits per heavy atom. The zero-order valence-corrected chi connectivity index (χ0v) is 10.1. The van der Waals surface area contributed by atoms with E-state index in [4.69, 9.17) is 5.26 Å². The van der Waals surface area contributed by atoms with E-state index in [0.29, 0.717) is 0 Å². The molecule has 0 amide bonds. The van der Waals surface area contributed by atoms with Gasteiger partial charge in [-0.05, 0) is 17.5 Å². The van der Waals surface area contributed by atoms with Crippen molar-refractivity contribution in [2.24, 2.45) is 0 Å². The number of carbonyl (C=O) groups is 1. The normalized spacial score (nSPS) is 11.6. The first-order chi connectivity index (χ1) is 8.21. The van der Waals surface area contributed by atoms with E-state index < -0.39 is 6.04 Å². The summed E-state index contributed by atoms with van der Waals surface area (Å²) in [5.74, 6) is -0.379. The average Bonchev–Trinajstić information content (AvgIpc) is 2.39. The second-order valence-corrected chi connectivity index (χ2v) is 3.61. The maximum absolute atomic E-state index is 11.0. The van der Waals surface area contributed by atoms with Crippen molar-refractivity contribution in [2.45, 2.75) is 19.4 Å². The van der Waals surface area contributed by atoms with Gasteiger partial charge in [0.05, 0.1) is 19.7 Å². The smallest absolute Gasteiger partial charge is 0.319 e. The van der Waals surface area contributed by atoms with E-state index in [9.17, 15) is 4.79 Å². The van der Waals surface area contributed by atoms with Gasteiger partial charge in [0.15, 0.2) is 0 Å². The van der Waals surface area contributed by atoms with Crippen LogP contribution >= 0.6 is 0 Å². The van der Waals surface area contributed by atoms with Crippen molar-refractivity contribution >= 4 is 5.97 Å². The van der Waals surface area contributed by atoms with Gasteiger partial charge in [0.1, 0.15) is 6.04 Å².